The Bertz CT molecular complexity index is 677. The summed E-state index contributed by atoms with van der Waals surface area (Å²) < 4.78 is 25.0. The molecule has 0 radical (unpaired) electrons. The molecular weight excluding hydrogens is 272 g/mol. The van der Waals surface area contributed by atoms with Crippen molar-refractivity contribution < 1.29 is 8.42 Å². The summed E-state index contributed by atoms with van der Waals surface area (Å²) in [4.78, 5) is 4.77. The lowest BCUT2D eigenvalue weighted by Gasteiger charge is -2.01. The first-order valence-corrected chi connectivity index (χ1v) is 8.07. The fraction of sp³-hybridized carbons (Fsp3) is 0.417. The van der Waals surface area contributed by atoms with Crippen LogP contribution in [0.15, 0.2) is 23.1 Å². The van der Waals surface area contributed by atoms with E-state index < -0.39 is 9.84 Å². The van der Waals surface area contributed by atoms with Gasteiger partial charge in [0.25, 0.3) is 0 Å². The molecule has 0 unspecified atom stereocenters. The fourth-order valence-electron chi connectivity index (χ4n) is 1.91. The zero-order valence-corrected chi connectivity index (χ0v) is 11.9. The lowest BCUT2D eigenvalue weighted by molar-refractivity contribution is 0.602. The molecule has 0 aliphatic heterocycles. The topological polar surface area (TPSA) is 52.0 Å². The van der Waals surface area contributed by atoms with Crippen molar-refractivity contribution in [2.24, 2.45) is 7.05 Å². The van der Waals surface area contributed by atoms with E-state index in [1.807, 2.05) is 11.6 Å². The van der Waals surface area contributed by atoms with E-state index in [4.69, 9.17) is 11.6 Å². The maximum atomic E-state index is 11.5. The van der Waals surface area contributed by atoms with Crippen molar-refractivity contribution in [1.29, 1.82) is 0 Å². The number of aromatic nitrogens is 2. The molecule has 6 heteroatoms. The molecule has 18 heavy (non-hydrogen) atoms. The quantitative estimate of drug-likeness (QED) is 0.809. The molecule has 1 heterocycles. The molecule has 0 fully saturated rings. The van der Waals surface area contributed by atoms with Gasteiger partial charge in [-0.15, -0.1) is 11.6 Å². The van der Waals surface area contributed by atoms with E-state index in [-0.39, 0.29) is 0 Å². The minimum atomic E-state index is -3.19. The Balaban J connectivity index is 2.52. The molecule has 2 aromatic rings. The van der Waals surface area contributed by atoms with Crippen molar-refractivity contribution >= 4 is 32.5 Å². The van der Waals surface area contributed by atoms with Crippen molar-refractivity contribution in [2.45, 2.75) is 17.7 Å². The van der Waals surface area contributed by atoms with E-state index in [9.17, 15) is 8.42 Å². The number of rotatable bonds is 4. The number of aryl methyl sites for hydroxylation is 2. The van der Waals surface area contributed by atoms with E-state index in [0.29, 0.717) is 16.3 Å². The minimum absolute atomic E-state index is 0.303. The van der Waals surface area contributed by atoms with Crippen LogP contribution in [0.3, 0.4) is 0 Å². The second kappa shape index (κ2) is 4.90. The van der Waals surface area contributed by atoms with Crippen molar-refractivity contribution in [3.63, 3.8) is 0 Å². The van der Waals surface area contributed by atoms with Gasteiger partial charge in [-0.05, 0) is 24.6 Å². The number of fused-ring (bicyclic) bond motifs is 1. The monoisotopic (exact) mass is 286 g/mol. The molecule has 0 saturated carbocycles. The van der Waals surface area contributed by atoms with Crippen LogP contribution in [0.4, 0.5) is 0 Å². The summed E-state index contributed by atoms with van der Waals surface area (Å²) in [5.74, 6) is 1.52. The van der Waals surface area contributed by atoms with E-state index in [1.165, 1.54) is 6.26 Å². The molecule has 0 aliphatic rings. The van der Waals surface area contributed by atoms with Crippen LogP contribution in [-0.4, -0.2) is 30.1 Å². The first-order chi connectivity index (χ1) is 8.43. The summed E-state index contributed by atoms with van der Waals surface area (Å²) >= 11 is 5.67. The van der Waals surface area contributed by atoms with E-state index in [1.54, 1.807) is 18.2 Å². The number of imidazole rings is 1. The summed E-state index contributed by atoms with van der Waals surface area (Å²) in [6.07, 6.45) is 2.85. The number of benzene rings is 1. The number of sulfone groups is 1. The largest absolute Gasteiger partial charge is 0.331 e. The first-order valence-electron chi connectivity index (χ1n) is 5.65. The molecule has 0 amide bonds. The standard InChI is InChI=1S/C12H15ClN2O2S/c1-15-11-6-5-9(18(2,16)17)8-10(11)14-12(15)4-3-7-13/h5-6,8H,3-4,7H2,1-2H3. The predicted octanol–water partition coefficient (Wildman–Crippen LogP) is 2.15. The van der Waals surface area contributed by atoms with Crippen molar-refractivity contribution in [1.82, 2.24) is 9.55 Å². The Morgan fingerprint density at radius 3 is 2.72 bits per heavy atom. The third kappa shape index (κ3) is 2.52. The Kier molecular flexibility index (Phi) is 3.64. The van der Waals surface area contributed by atoms with Crippen molar-refractivity contribution in [3.05, 3.63) is 24.0 Å². The Morgan fingerprint density at radius 1 is 1.39 bits per heavy atom. The van der Waals surface area contributed by atoms with Crippen LogP contribution in [0.1, 0.15) is 12.2 Å². The van der Waals surface area contributed by atoms with Gasteiger partial charge in [0, 0.05) is 25.6 Å². The number of hydrogen-bond acceptors (Lipinski definition) is 3. The van der Waals surface area contributed by atoms with Crippen LogP contribution < -0.4 is 0 Å². The summed E-state index contributed by atoms with van der Waals surface area (Å²) in [5, 5.41) is 0. The fourth-order valence-corrected chi connectivity index (χ4v) is 2.68. The molecule has 98 valence electrons. The molecule has 0 spiro atoms. The third-order valence-electron chi connectivity index (χ3n) is 2.91. The lowest BCUT2D eigenvalue weighted by atomic mass is 10.3. The zero-order chi connectivity index (χ0) is 13.3. The van der Waals surface area contributed by atoms with Crippen LogP contribution >= 0.6 is 11.6 Å². The molecule has 0 bridgehead atoms. The number of hydrogen-bond donors (Lipinski definition) is 0. The first kappa shape index (κ1) is 13.4. The molecule has 1 aromatic carbocycles. The van der Waals surface area contributed by atoms with Crippen molar-refractivity contribution in [3.8, 4) is 0 Å². The van der Waals surface area contributed by atoms with Gasteiger partial charge in [0.1, 0.15) is 5.82 Å². The van der Waals surface area contributed by atoms with Gasteiger partial charge in [-0.3, -0.25) is 0 Å². The third-order valence-corrected chi connectivity index (χ3v) is 4.28. The summed E-state index contributed by atoms with van der Waals surface area (Å²) in [7, 11) is -1.26. The summed E-state index contributed by atoms with van der Waals surface area (Å²) in [6, 6.07) is 5.03. The molecule has 2 rings (SSSR count). The van der Waals surface area contributed by atoms with Gasteiger partial charge in [0.2, 0.25) is 0 Å². The Labute approximate surface area is 112 Å². The van der Waals surface area contributed by atoms with Gasteiger partial charge in [-0.1, -0.05) is 0 Å². The second-order valence-electron chi connectivity index (χ2n) is 4.30. The number of alkyl halides is 1. The zero-order valence-electron chi connectivity index (χ0n) is 10.4. The highest BCUT2D eigenvalue weighted by atomic mass is 35.5. The molecule has 0 atom stereocenters. The minimum Gasteiger partial charge on any atom is -0.331 e. The summed E-state index contributed by atoms with van der Waals surface area (Å²) in [5.41, 5.74) is 1.65. The smallest absolute Gasteiger partial charge is 0.175 e. The molecule has 4 nitrogen and oxygen atoms in total. The summed E-state index contributed by atoms with van der Waals surface area (Å²) in [6.45, 7) is 0. The van der Waals surface area contributed by atoms with E-state index in [2.05, 4.69) is 4.98 Å². The Hall–Kier alpha value is -1.07. The number of nitrogens with zero attached hydrogens (tertiary/aromatic N) is 2. The maximum Gasteiger partial charge on any atom is 0.175 e. The van der Waals surface area contributed by atoms with Crippen LogP contribution in [-0.2, 0) is 23.3 Å². The highest BCUT2D eigenvalue weighted by molar-refractivity contribution is 7.90. The van der Waals surface area contributed by atoms with Crippen LogP contribution in [0.5, 0.6) is 0 Å². The molecular formula is C12H15ClN2O2S. The SMILES string of the molecule is Cn1c(CCCCl)nc2cc(S(C)(=O)=O)ccc21. The highest BCUT2D eigenvalue weighted by Gasteiger charge is 2.12. The van der Waals surface area contributed by atoms with Gasteiger partial charge in [0.05, 0.1) is 15.9 Å². The van der Waals surface area contributed by atoms with Crippen LogP contribution in [0, 0.1) is 0 Å². The molecule has 1 aromatic heterocycles. The highest BCUT2D eigenvalue weighted by Crippen LogP contribution is 2.20. The van der Waals surface area contributed by atoms with Crippen molar-refractivity contribution in [2.75, 3.05) is 12.1 Å². The Morgan fingerprint density at radius 2 is 2.11 bits per heavy atom. The average molecular weight is 287 g/mol. The maximum absolute atomic E-state index is 11.5. The van der Waals surface area contributed by atoms with Gasteiger partial charge in [-0.2, -0.15) is 0 Å². The van der Waals surface area contributed by atoms with Gasteiger partial charge in [0.15, 0.2) is 9.84 Å². The molecule has 0 saturated heterocycles. The predicted molar refractivity (Wildman–Crippen MR) is 72.9 cm³/mol. The van der Waals surface area contributed by atoms with Gasteiger partial charge < -0.3 is 4.57 Å². The molecule has 0 aliphatic carbocycles. The van der Waals surface area contributed by atoms with E-state index in [0.717, 1.165) is 24.2 Å². The number of halogens is 1. The van der Waals surface area contributed by atoms with Gasteiger partial charge in [-0.25, -0.2) is 13.4 Å². The molecule has 0 N–H and O–H groups in total. The van der Waals surface area contributed by atoms with E-state index >= 15 is 0 Å². The van der Waals surface area contributed by atoms with Crippen LogP contribution in [0.2, 0.25) is 0 Å². The average Bonchev–Trinajstić information content (AvgIpc) is 2.62. The lowest BCUT2D eigenvalue weighted by Crippen LogP contribution is -1.98. The van der Waals surface area contributed by atoms with Crippen LogP contribution in [0.25, 0.3) is 11.0 Å². The second-order valence-corrected chi connectivity index (χ2v) is 6.70. The van der Waals surface area contributed by atoms with Gasteiger partial charge >= 0.3 is 0 Å². The normalized spacial score (nSPS) is 12.2.